The Kier molecular flexibility index (Phi) is 7.72. The van der Waals surface area contributed by atoms with E-state index in [1.54, 1.807) is 12.3 Å². The highest BCUT2D eigenvalue weighted by atomic mass is 79.9. The first-order valence-electron chi connectivity index (χ1n) is 10.0. The Morgan fingerprint density at radius 1 is 1.31 bits per heavy atom. The van der Waals surface area contributed by atoms with E-state index in [1.807, 2.05) is 62.6 Å². The molecule has 0 aliphatic rings. The van der Waals surface area contributed by atoms with Gasteiger partial charge in [-0.25, -0.2) is 9.78 Å². The van der Waals surface area contributed by atoms with Gasteiger partial charge >= 0.3 is 6.03 Å². The Labute approximate surface area is 196 Å². The average molecular weight is 496 g/mol. The molecule has 8 heteroatoms. The van der Waals surface area contributed by atoms with E-state index in [2.05, 4.69) is 48.0 Å². The molecule has 2 aromatic heterocycles. The lowest BCUT2D eigenvalue weighted by Crippen LogP contribution is -2.29. The lowest BCUT2D eigenvalue weighted by atomic mass is 10.2. The third-order valence-electron chi connectivity index (χ3n) is 4.85. The van der Waals surface area contributed by atoms with E-state index in [0.717, 1.165) is 26.8 Å². The van der Waals surface area contributed by atoms with Crippen molar-refractivity contribution in [2.45, 2.75) is 13.5 Å². The molecule has 0 fully saturated rings. The molecule has 7 nitrogen and oxygen atoms in total. The second kappa shape index (κ2) is 10.7. The summed E-state index contributed by atoms with van der Waals surface area (Å²) < 4.78 is 8.12. The summed E-state index contributed by atoms with van der Waals surface area (Å²) in [5.74, 6) is 1.17. The minimum absolute atomic E-state index is 0.349. The molecule has 0 atom stereocenters. The molecular formula is C24H26BrN5O2. The van der Waals surface area contributed by atoms with Crippen molar-refractivity contribution in [2.24, 2.45) is 0 Å². The molecule has 2 amide bonds. The number of urea groups is 1. The largest absolute Gasteiger partial charge is 0.495 e. The van der Waals surface area contributed by atoms with Crippen molar-refractivity contribution in [3.05, 3.63) is 89.0 Å². The molecule has 0 bridgehead atoms. The van der Waals surface area contributed by atoms with Crippen molar-refractivity contribution >= 4 is 44.4 Å². The minimum atomic E-state index is -0.390. The summed E-state index contributed by atoms with van der Waals surface area (Å²) in [7, 11) is 3.35. The van der Waals surface area contributed by atoms with E-state index in [4.69, 9.17) is 4.74 Å². The number of anilines is 2. The first-order valence-corrected chi connectivity index (χ1v) is 10.8. The summed E-state index contributed by atoms with van der Waals surface area (Å²) in [5, 5.41) is 9.72. The predicted molar refractivity (Wildman–Crippen MR) is 134 cm³/mol. The fraction of sp³-hybridized carbons (Fsp3) is 0.167. The summed E-state index contributed by atoms with van der Waals surface area (Å²) >= 11 is 3.41. The van der Waals surface area contributed by atoms with E-state index in [9.17, 15) is 4.79 Å². The number of pyridine rings is 1. The van der Waals surface area contributed by atoms with Gasteiger partial charge < -0.3 is 25.3 Å². The maximum Gasteiger partial charge on any atom is 0.323 e. The van der Waals surface area contributed by atoms with Crippen molar-refractivity contribution < 1.29 is 9.53 Å². The molecule has 0 spiro atoms. The quantitative estimate of drug-likeness (QED) is 0.281. The maximum absolute atomic E-state index is 12.7. The summed E-state index contributed by atoms with van der Waals surface area (Å²) in [6.45, 7) is 6.40. The van der Waals surface area contributed by atoms with Crippen molar-refractivity contribution in [2.75, 3.05) is 24.8 Å². The molecule has 1 aromatic carbocycles. The molecule has 0 unspecified atom stereocenters. The highest BCUT2D eigenvalue weighted by Gasteiger charge is 2.12. The summed E-state index contributed by atoms with van der Waals surface area (Å²) in [5.41, 5.74) is 3.30. The van der Waals surface area contributed by atoms with E-state index in [1.165, 1.54) is 7.11 Å². The van der Waals surface area contributed by atoms with Gasteiger partial charge in [-0.05, 0) is 48.9 Å². The molecular weight excluding hydrogens is 470 g/mol. The molecule has 166 valence electrons. The van der Waals surface area contributed by atoms with E-state index in [0.29, 0.717) is 23.7 Å². The Bertz CT molecular complexity index is 1200. The minimum Gasteiger partial charge on any atom is -0.495 e. The maximum atomic E-state index is 12.7. The Morgan fingerprint density at radius 3 is 2.84 bits per heavy atom. The second-order valence-electron chi connectivity index (χ2n) is 6.92. The standard InChI is InChI=1S/C24H26BrN5O2/c1-5-18(25)14-21(16(2)32-4)29-24(31)28-20-7-6-8-22-19(20)10-12-30(22)15-17-9-11-27-23(13-17)26-3/h5-14H,2,15H2,1,3-4H3,(H,26,27)(H2,28,29,31)/b18-5+,21-14+. The van der Waals surface area contributed by atoms with Crippen LogP contribution in [0.25, 0.3) is 10.9 Å². The lowest BCUT2D eigenvalue weighted by Gasteiger charge is -2.13. The Morgan fingerprint density at radius 2 is 2.12 bits per heavy atom. The van der Waals surface area contributed by atoms with Crippen LogP contribution in [0.2, 0.25) is 0 Å². The fourth-order valence-electron chi connectivity index (χ4n) is 3.17. The monoisotopic (exact) mass is 495 g/mol. The number of rotatable bonds is 8. The van der Waals surface area contributed by atoms with Gasteiger partial charge in [-0.2, -0.15) is 0 Å². The number of amides is 2. The molecule has 0 aliphatic carbocycles. The van der Waals surface area contributed by atoms with E-state index < -0.39 is 0 Å². The average Bonchev–Trinajstić information content (AvgIpc) is 3.21. The highest BCUT2D eigenvalue weighted by Crippen LogP contribution is 2.26. The number of halogens is 1. The molecule has 3 aromatic rings. The van der Waals surface area contributed by atoms with Crippen LogP contribution in [0, 0.1) is 0 Å². The zero-order valence-corrected chi connectivity index (χ0v) is 19.9. The number of benzene rings is 1. The van der Waals surface area contributed by atoms with E-state index in [-0.39, 0.29) is 6.03 Å². The number of allylic oxidation sites excluding steroid dienone is 3. The van der Waals surface area contributed by atoms with Crippen LogP contribution in [-0.2, 0) is 11.3 Å². The summed E-state index contributed by atoms with van der Waals surface area (Å²) in [6, 6.07) is 11.4. The van der Waals surface area contributed by atoms with Gasteiger partial charge in [0.15, 0.2) is 0 Å². The van der Waals surface area contributed by atoms with Gasteiger partial charge in [0.2, 0.25) is 0 Å². The normalized spacial score (nSPS) is 11.9. The second-order valence-corrected chi connectivity index (χ2v) is 7.84. The first-order chi connectivity index (χ1) is 15.4. The van der Waals surface area contributed by atoms with Gasteiger partial charge in [0.05, 0.1) is 24.0 Å². The van der Waals surface area contributed by atoms with Crippen LogP contribution in [-0.4, -0.2) is 29.7 Å². The van der Waals surface area contributed by atoms with Crippen LogP contribution < -0.4 is 16.0 Å². The molecule has 0 aliphatic heterocycles. The number of aromatic nitrogens is 2. The highest BCUT2D eigenvalue weighted by molar-refractivity contribution is 9.11. The molecule has 0 saturated heterocycles. The van der Waals surface area contributed by atoms with Crippen LogP contribution in [0.5, 0.6) is 0 Å². The molecule has 3 N–H and O–H groups in total. The van der Waals surface area contributed by atoms with Gasteiger partial charge in [0, 0.05) is 35.9 Å². The van der Waals surface area contributed by atoms with Gasteiger partial charge in [0.1, 0.15) is 11.6 Å². The number of hydrogen-bond donors (Lipinski definition) is 3. The first kappa shape index (κ1) is 23.1. The van der Waals surface area contributed by atoms with Crippen LogP contribution in [0.1, 0.15) is 12.5 Å². The number of nitrogens with zero attached hydrogens (tertiary/aromatic N) is 2. The zero-order valence-electron chi connectivity index (χ0n) is 18.3. The van der Waals surface area contributed by atoms with Crippen molar-refractivity contribution in [1.29, 1.82) is 0 Å². The van der Waals surface area contributed by atoms with Gasteiger partial charge in [-0.1, -0.05) is 34.7 Å². The van der Waals surface area contributed by atoms with Crippen LogP contribution in [0.4, 0.5) is 16.3 Å². The summed E-state index contributed by atoms with van der Waals surface area (Å²) in [4.78, 5) is 17.0. The zero-order chi connectivity index (χ0) is 23.1. The van der Waals surface area contributed by atoms with Crippen molar-refractivity contribution in [3.8, 4) is 0 Å². The topological polar surface area (TPSA) is 80.2 Å². The molecule has 0 radical (unpaired) electrons. The van der Waals surface area contributed by atoms with Gasteiger partial charge in [-0.3, -0.25) is 0 Å². The third kappa shape index (κ3) is 5.59. The molecule has 3 rings (SSSR count). The number of carbonyl (C=O) groups is 1. The number of fused-ring (bicyclic) bond motifs is 1. The van der Waals surface area contributed by atoms with Crippen LogP contribution in [0.3, 0.4) is 0 Å². The third-order valence-corrected chi connectivity index (χ3v) is 5.54. The smallest absolute Gasteiger partial charge is 0.323 e. The van der Waals surface area contributed by atoms with Crippen molar-refractivity contribution in [1.82, 2.24) is 14.9 Å². The van der Waals surface area contributed by atoms with E-state index >= 15 is 0 Å². The number of carbonyl (C=O) groups excluding carboxylic acids is 1. The van der Waals surface area contributed by atoms with Crippen LogP contribution >= 0.6 is 15.9 Å². The number of hydrogen-bond acceptors (Lipinski definition) is 4. The van der Waals surface area contributed by atoms with Crippen molar-refractivity contribution in [3.63, 3.8) is 0 Å². The molecule has 2 heterocycles. The number of nitrogens with one attached hydrogen (secondary N) is 3. The predicted octanol–water partition coefficient (Wildman–Crippen LogP) is 5.59. The summed E-state index contributed by atoms with van der Waals surface area (Å²) in [6.07, 6.45) is 7.38. The fourth-order valence-corrected chi connectivity index (χ4v) is 3.40. The molecule has 0 saturated carbocycles. The molecule has 32 heavy (non-hydrogen) atoms. The SMILES string of the molecule is C=C(OC)/C(=C\C(Br)=C/C)NC(=O)Nc1cccc2c1ccn2Cc1ccnc(NC)c1. The van der Waals surface area contributed by atoms with Gasteiger partial charge in [0.25, 0.3) is 0 Å². The Hall–Kier alpha value is -3.52. The Balaban J connectivity index is 1.81. The van der Waals surface area contributed by atoms with Crippen LogP contribution in [0.15, 0.2) is 83.5 Å². The lowest BCUT2D eigenvalue weighted by molar-refractivity contribution is 0.251. The number of methoxy groups -OCH3 is 1. The van der Waals surface area contributed by atoms with Gasteiger partial charge in [-0.15, -0.1) is 0 Å². The number of ether oxygens (including phenoxy) is 1.